The highest BCUT2D eigenvalue weighted by atomic mass is 32.2. The van der Waals surface area contributed by atoms with E-state index in [0.717, 1.165) is 34.5 Å². The summed E-state index contributed by atoms with van der Waals surface area (Å²) in [5.74, 6) is 5.31. The Morgan fingerprint density at radius 3 is 1.00 bits per heavy atom. The van der Waals surface area contributed by atoms with Crippen molar-refractivity contribution in [1.29, 1.82) is 0 Å². The van der Waals surface area contributed by atoms with Crippen LogP contribution >= 0.6 is 35.3 Å². The zero-order valence-electron chi connectivity index (χ0n) is 43.2. The summed E-state index contributed by atoms with van der Waals surface area (Å²) >= 11 is 5.48. The Labute approximate surface area is 433 Å². The van der Waals surface area contributed by atoms with E-state index in [9.17, 15) is 0 Å². The van der Waals surface area contributed by atoms with Crippen LogP contribution in [0.5, 0.6) is 34.5 Å². The molecule has 7 aromatic carbocycles. The average Bonchev–Trinajstić information content (AvgIpc) is 3.95. The maximum Gasteiger partial charge on any atom is 0.231 e. The lowest BCUT2D eigenvalue weighted by Gasteiger charge is -2.36. The van der Waals surface area contributed by atoms with Crippen molar-refractivity contribution in [1.82, 2.24) is 0 Å². The first-order chi connectivity index (χ1) is 34.7. The molecule has 0 N–H and O–H groups in total. The molecule has 6 heterocycles. The van der Waals surface area contributed by atoms with Gasteiger partial charge in [0.05, 0.1) is 9.79 Å². The second-order valence-electron chi connectivity index (χ2n) is 14.3. The number of rotatable bonds is 0. The fraction of sp³-hybridized carbons (Fsp3) is 0.311. The molecule has 0 fully saturated rings. The van der Waals surface area contributed by atoms with Gasteiger partial charge in [-0.25, -0.2) is 0 Å². The lowest BCUT2D eigenvalue weighted by Crippen LogP contribution is -2.34. The molecule has 0 saturated heterocycles. The van der Waals surface area contributed by atoms with Gasteiger partial charge in [0.15, 0.2) is 23.0 Å². The van der Waals surface area contributed by atoms with Gasteiger partial charge >= 0.3 is 0 Å². The normalized spacial score (nSPS) is 13.1. The van der Waals surface area contributed by atoms with E-state index in [2.05, 4.69) is 83.8 Å². The van der Waals surface area contributed by atoms with Crippen LogP contribution < -0.4 is 28.6 Å². The molecule has 372 valence electrons. The molecule has 7 aromatic rings. The van der Waals surface area contributed by atoms with Gasteiger partial charge in [-0.05, 0) is 110 Å². The van der Waals surface area contributed by atoms with Crippen LogP contribution in [0.4, 0.5) is 5.69 Å². The second-order valence-corrected chi connectivity index (χ2v) is 17.6. The van der Waals surface area contributed by atoms with Crippen LogP contribution in [0.25, 0.3) is 0 Å². The Morgan fingerprint density at radius 1 is 0.329 bits per heavy atom. The van der Waals surface area contributed by atoms with Crippen LogP contribution in [0.3, 0.4) is 0 Å². The summed E-state index contributed by atoms with van der Waals surface area (Å²) in [5, 5.41) is 0. The van der Waals surface area contributed by atoms with E-state index in [1.807, 2.05) is 178 Å². The smallest absolute Gasteiger partial charge is 0.231 e. The first-order valence-electron chi connectivity index (χ1n) is 25.4. The largest absolute Gasteiger partial charge is 0.486 e. The molecule has 13 rings (SSSR count). The molecule has 0 saturated carbocycles. The van der Waals surface area contributed by atoms with Crippen LogP contribution in [0, 0.1) is 0 Å². The Balaban J connectivity index is 0.000000183. The van der Waals surface area contributed by atoms with E-state index < -0.39 is 0 Å². The average molecular weight is 998 g/mol. The predicted octanol–water partition coefficient (Wildman–Crippen LogP) is 18.6. The summed E-state index contributed by atoms with van der Waals surface area (Å²) in [6.45, 7) is 24.3. The van der Waals surface area contributed by atoms with Gasteiger partial charge in [-0.15, -0.1) is 0 Å². The van der Waals surface area contributed by atoms with Gasteiger partial charge < -0.3 is 28.6 Å². The first-order valence-corrected chi connectivity index (χ1v) is 27.8. The summed E-state index contributed by atoms with van der Waals surface area (Å²) < 4.78 is 26.5. The van der Waals surface area contributed by atoms with Crippen molar-refractivity contribution >= 4 is 41.0 Å². The Kier molecular flexibility index (Phi) is 26.9. The summed E-state index contributed by atoms with van der Waals surface area (Å²) in [5.41, 5.74) is 4.76. The third-order valence-corrected chi connectivity index (χ3v) is 13.9. The minimum absolute atomic E-state index is 0.360. The molecule has 0 atom stereocenters. The standard InChI is InChI=1S/C12H15N.C12H8OS.C12H8S2.C8H8O2.C7H6O2.5C2H6/c1-4-10-6-2-8-13-9-3-7-11(5-1)12(10)13;1-3-7-11-9(5-1)13-10-6-2-4-8-12(10)14-11;1-2-6-10-9(5-1)13-11-7-3-4-8-12(11)14-10;1-2-4-8-7(3-1)9-5-6-10-8;1-2-4-7-6(3-1)8-5-9-7;5*1-2/h1,4-5H,2-3,6-9H2;2*1-8H;1-4H,5-6H2;1-4H,5H2;5*1-2H3. The summed E-state index contributed by atoms with van der Waals surface area (Å²) in [4.78, 5) is 10.4. The van der Waals surface area contributed by atoms with Gasteiger partial charge in [-0.1, -0.05) is 196 Å². The third kappa shape index (κ3) is 16.5. The number of hydrogen-bond acceptors (Lipinski definition) is 9. The number of fused-ring (bicyclic) bond motifs is 6. The highest BCUT2D eigenvalue weighted by molar-refractivity contribution is 8.05. The molecular weight excluding hydrogens is 923 g/mol. The summed E-state index contributed by atoms with van der Waals surface area (Å²) in [6.07, 6.45) is 5.27. The van der Waals surface area contributed by atoms with Gasteiger partial charge in [-0.3, -0.25) is 0 Å². The van der Waals surface area contributed by atoms with E-state index >= 15 is 0 Å². The molecule has 0 bridgehead atoms. The molecule has 0 spiro atoms. The van der Waals surface area contributed by atoms with E-state index in [1.165, 1.54) is 68.1 Å². The molecule has 9 heteroatoms. The van der Waals surface area contributed by atoms with Crippen LogP contribution in [-0.4, -0.2) is 33.1 Å². The molecule has 0 unspecified atom stereocenters. The van der Waals surface area contributed by atoms with E-state index in [4.69, 9.17) is 23.7 Å². The third-order valence-electron chi connectivity index (χ3n) is 10.3. The van der Waals surface area contributed by atoms with Crippen molar-refractivity contribution in [2.45, 2.75) is 124 Å². The number of anilines is 1. The van der Waals surface area contributed by atoms with Gasteiger partial charge in [0.25, 0.3) is 0 Å². The molecular formula is C61H75NO5S3. The van der Waals surface area contributed by atoms with Crippen LogP contribution in [-0.2, 0) is 12.8 Å². The minimum atomic E-state index is 0.360. The summed E-state index contributed by atoms with van der Waals surface area (Å²) in [7, 11) is 0. The quantitative estimate of drug-likeness (QED) is 0.148. The highest BCUT2D eigenvalue weighted by Crippen LogP contribution is 2.48. The second kappa shape index (κ2) is 33.1. The van der Waals surface area contributed by atoms with Crippen molar-refractivity contribution in [2.24, 2.45) is 0 Å². The minimum Gasteiger partial charge on any atom is -0.486 e. The van der Waals surface area contributed by atoms with Crippen LogP contribution in [0.15, 0.2) is 193 Å². The van der Waals surface area contributed by atoms with Crippen molar-refractivity contribution < 1.29 is 23.7 Å². The molecule has 6 aliphatic rings. The number of para-hydroxylation sites is 7. The van der Waals surface area contributed by atoms with Gasteiger partial charge in [0.2, 0.25) is 6.79 Å². The first kappa shape index (κ1) is 57.0. The van der Waals surface area contributed by atoms with Gasteiger partial charge in [0, 0.05) is 38.4 Å². The fourth-order valence-electron chi connectivity index (χ4n) is 7.50. The SMILES string of the molecule is CC.CC.CC.CC.CC.c1cc2c3c(c1)CCCN3CCC2.c1ccc2c(c1)OCCO2.c1ccc2c(c1)OCO2.c1ccc2c(c1)Oc1ccccc1S2.c1ccc2c(c1)Sc1ccccc1S2. The molecule has 6 nitrogen and oxygen atoms in total. The maximum absolute atomic E-state index is 5.76. The topological polar surface area (TPSA) is 49.4 Å². The molecule has 0 amide bonds. The Bertz CT molecular complexity index is 2210. The zero-order chi connectivity index (χ0) is 50.4. The van der Waals surface area contributed by atoms with E-state index in [1.54, 1.807) is 28.6 Å². The maximum atomic E-state index is 5.76. The molecule has 70 heavy (non-hydrogen) atoms. The highest BCUT2D eigenvalue weighted by Gasteiger charge is 2.23. The molecule has 6 aliphatic heterocycles. The van der Waals surface area contributed by atoms with Crippen molar-refractivity contribution in [3.63, 3.8) is 0 Å². The predicted molar refractivity (Wildman–Crippen MR) is 300 cm³/mol. The number of benzene rings is 7. The van der Waals surface area contributed by atoms with Crippen molar-refractivity contribution in [3.05, 3.63) is 175 Å². The number of ether oxygens (including phenoxy) is 5. The lowest BCUT2D eigenvalue weighted by atomic mass is 9.92. The molecule has 0 radical (unpaired) electrons. The lowest BCUT2D eigenvalue weighted by molar-refractivity contribution is 0.171. The molecule has 0 aromatic heterocycles. The van der Waals surface area contributed by atoms with Crippen LogP contribution in [0.1, 0.15) is 93.2 Å². The van der Waals surface area contributed by atoms with E-state index in [-0.39, 0.29) is 0 Å². The fourth-order valence-corrected chi connectivity index (χ4v) is 10.7. The Hall–Kier alpha value is -5.61. The Morgan fingerprint density at radius 2 is 0.629 bits per heavy atom. The van der Waals surface area contributed by atoms with Gasteiger partial charge in [0.1, 0.15) is 24.7 Å². The van der Waals surface area contributed by atoms with Crippen molar-refractivity contribution in [3.8, 4) is 34.5 Å². The van der Waals surface area contributed by atoms with Gasteiger partial charge in [-0.2, -0.15) is 0 Å². The van der Waals surface area contributed by atoms with Crippen molar-refractivity contribution in [2.75, 3.05) is 38.0 Å². The van der Waals surface area contributed by atoms with E-state index in [0.29, 0.717) is 20.0 Å². The number of aryl methyl sites for hydroxylation is 2. The zero-order valence-corrected chi connectivity index (χ0v) is 45.6. The van der Waals surface area contributed by atoms with Crippen LogP contribution in [0.2, 0.25) is 0 Å². The monoisotopic (exact) mass is 997 g/mol. The summed E-state index contributed by atoms with van der Waals surface area (Å²) in [6, 6.07) is 55.5. The number of hydrogen-bond donors (Lipinski definition) is 0. The number of nitrogens with zero attached hydrogens (tertiary/aromatic N) is 1. The molecule has 0 aliphatic carbocycles.